The predicted octanol–water partition coefficient (Wildman–Crippen LogP) is 5.05. The third-order valence-corrected chi connectivity index (χ3v) is 5.62. The molecule has 0 amide bonds. The molecular weight excluding hydrogens is 445 g/mol. The molecule has 11 heteroatoms. The Morgan fingerprint density at radius 2 is 1.76 bits per heavy atom. The normalized spacial score (nSPS) is 13.2. The molecule has 0 radical (unpaired) electrons. The molecule has 6 nitrogen and oxygen atoms in total. The van der Waals surface area contributed by atoms with Crippen LogP contribution in [0.25, 0.3) is 21.8 Å². The van der Waals surface area contributed by atoms with Crippen LogP contribution < -0.4 is 11.0 Å². The van der Waals surface area contributed by atoms with Crippen molar-refractivity contribution in [3.8, 4) is 0 Å². The number of fused-ring (bicyclic) bond motifs is 2. The Hall–Kier alpha value is -3.50. The van der Waals surface area contributed by atoms with E-state index in [2.05, 4.69) is 15.5 Å². The minimum atomic E-state index is -4.47. The first-order valence-corrected chi connectivity index (χ1v) is 10.1. The van der Waals surface area contributed by atoms with Crippen LogP contribution in [0.15, 0.2) is 41.2 Å². The summed E-state index contributed by atoms with van der Waals surface area (Å²) in [5.74, 6) is 0.266. The number of hydrogen-bond acceptors (Lipinski definition) is 4. The molecule has 0 aliphatic carbocycles. The van der Waals surface area contributed by atoms with Gasteiger partial charge in [-0.2, -0.15) is 18.3 Å². The number of halogens is 5. The Bertz CT molecular complexity index is 1410. The first kappa shape index (κ1) is 22.7. The summed E-state index contributed by atoms with van der Waals surface area (Å²) < 4.78 is 67.7. The maximum absolute atomic E-state index is 13.1. The van der Waals surface area contributed by atoms with Gasteiger partial charge in [0.25, 0.3) is 6.43 Å². The number of benzene rings is 2. The van der Waals surface area contributed by atoms with Gasteiger partial charge in [-0.1, -0.05) is 12.1 Å². The molecule has 0 aliphatic heterocycles. The van der Waals surface area contributed by atoms with Crippen molar-refractivity contribution in [3.63, 3.8) is 0 Å². The van der Waals surface area contributed by atoms with Crippen LogP contribution in [0.4, 0.5) is 27.8 Å². The summed E-state index contributed by atoms with van der Waals surface area (Å²) in [5, 5.41) is 12.5. The first-order chi connectivity index (χ1) is 15.5. The summed E-state index contributed by atoms with van der Waals surface area (Å²) in [4.78, 5) is 12.5. The molecular formula is C22H20F5N5O. The second-order valence-corrected chi connectivity index (χ2v) is 7.85. The first-order valence-electron chi connectivity index (χ1n) is 10.1. The third kappa shape index (κ3) is 4.14. The minimum Gasteiger partial charge on any atom is -0.362 e. The fourth-order valence-electron chi connectivity index (χ4n) is 3.87. The monoisotopic (exact) mass is 465 g/mol. The Labute approximate surface area is 184 Å². The number of aryl methyl sites for hydroxylation is 2. The molecule has 2 heterocycles. The van der Waals surface area contributed by atoms with Gasteiger partial charge in [-0.3, -0.25) is 9.13 Å². The molecule has 0 saturated heterocycles. The molecule has 2 aromatic heterocycles. The highest BCUT2D eigenvalue weighted by Crippen LogP contribution is 2.33. The van der Waals surface area contributed by atoms with Crippen LogP contribution >= 0.6 is 0 Å². The van der Waals surface area contributed by atoms with Crippen molar-refractivity contribution < 1.29 is 22.0 Å². The van der Waals surface area contributed by atoms with Gasteiger partial charge >= 0.3 is 11.9 Å². The minimum absolute atomic E-state index is 0.266. The van der Waals surface area contributed by atoms with E-state index in [-0.39, 0.29) is 5.82 Å². The molecule has 2 aromatic carbocycles. The predicted molar refractivity (Wildman–Crippen MR) is 114 cm³/mol. The van der Waals surface area contributed by atoms with Gasteiger partial charge in [0, 0.05) is 17.8 Å². The van der Waals surface area contributed by atoms with Crippen LogP contribution in [0, 0.1) is 6.92 Å². The highest BCUT2D eigenvalue weighted by atomic mass is 19.4. The van der Waals surface area contributed by atoms with E-state index in [0.29, 0.717) is 33.1 Å². The van der Waals surface area contributed by atoms with Crippen LogP contribution in [0.3, 0.4) is 0 Å². The number of alkyl halides is 5. The fraction of sp³-hybridized carbons (Fsp3) is 0.318. The van der Waals surface area contributed by atoms with Crippen LogP contribution in [-0.2, 0) is 19.8 Å². The summed E-state index contributed by atoms with van der Waals surface area (Å²) in [5.41, 5.74) is 0.356. The van der Waals surface area contributed by atoms with E-state index in [1.807, 2.05) is 0 Å². The van der Waals surface area contributed by atoms with Crippen molar-refractivity contribution in [3.05, 3.63) is 63.7 Å². The Morgan fingerprint density at radius 1 is 1.06 bits per heavy atom. The highest BCUT2D eigenvalue weighted by Gasteiger charge is 2.30. The summed E-state index contributed by atoms with van der Waals surface area (Å²) >= 11 is 0. The summed E-state index contributed by atoms with van der Waals surface area (Å²) in [6.45, 7) is 2.63. The Morgan fingerprint density at radius 3 is 2.42 bits per heavy atom. The molecule has 1 atom stereocenters. The largest absolute Gasteiger partial charge is 0.416 e. The van der Waals surface area contributed by atoms with E-state index in [4.69, 9.17) is 0 Å². The van der Waals surface area contributed by atoms with Crippen molar-refractivity contribution >= 4 is 27.6 Å². The average Bonchev–Trinajstić information content (AvgIpc) is 2.98. The Kier molecular flexibility index (Phi) is 5.59. The molecule has 4 rings (SSSR count). The summed E-state index contributed by atoms with van der Waals surface area (Å²) in [6, 6.07) is 7.62. The molecule has 0 saturated carbocycles. The zero-order valence-electron chi connectivity index (χ0n) is 17.9. The van der Waals surface area contributed by atoms with Gasteiger partial charge in [0.05, 0.1) is 34.9 Å². The lowest BCUT2D eigenvalue weighted by atomic mass is 10.0. The van der Waals surface area contributed by atoms with Crippen LogP contribution in [0.5, 0.6) is 0 Å². The number of anilines is 1. The van der Waals surface area contributed by atoms with Crippen LogP contribution in [-0.4, -0.2) is 25.8 Å². The SMILES string of the molecule is Cc1nnc(N[C@H](C)c2cccc(C(F)(F)F)c2)c2cc3c(cc12)n(C)c(=O)n3CC(F)F. The second-order valence-electron chi connectivity index (χ2n) is 7.85. The molecule has 0 fully saturated rings. The van der Waals surface area contributed by atoms with Crippen molar-refractivity contribution in [1.29, 1.82) is 0 Å². The lowest BCUT2D eigenvalue weighted by Crippen LogP contribution is -2.24. The number of rotatable bonds is 5. The molecule has 0 bridgehead atoms. The molecule has 174 valence electrons. The van der Waals surface area contributed by atoms with Gasteiger partial charge in [-0.15, -0.1) is 5.10 Å². The lowest BCUT2D eigenvalue weighted by molar-refractivity contribution is -0.137. The number of hydrogen-bond donors (Lipinski definition) is 1. The van der Waals surface area contributed by atoms with Crippen LogP contribution in [0.1, 0.15) is 29.8 Å². The molecule has 0 unspecified atom stereocenters. The standard InChI is InChI=1S/C22H20F5N5O/c1-11(13-5-4-6-14(7-13)22(25,26)27)28-20-16-9-18-17(8-15(16)12(2)29-30-20)31(3)21(33)32(18)10-19(23)24/h4-9,11,19H,10H2,1-3H3,(H,28,30)/t11-/m1/s1. The van der Waals surface area contributed by atoms with E-state index in [1.165, 1.54) is 17.7 Å². The maximum atomic E-state index is 13.1. The quantitative estimate of drug-likeness (QED) is 0.419. The van der Waals surface area contributed by atoms with Gasteiger partial charge in [0.15, 0.2) is 5.82 Å². The maximum Gasteiger partial charge on any atom is 0.416 e. The topological polar surface area (TPSA) is 64.7 Å². The van der Waals surface area contributed by atoms with Gasteiger partial charge in [0.2, 0.25) is 0 Å². The van der Waals surface area contributed by atoms with E-state index >= 15 is 0 Å². The molecule has 33 heavy (non-hydrogen) atoms. The van der Waals surface area contributed by atoms with Crippen LogP contribution in [0.2, 0.25) is 0 Å². The van der Waals surface area contributed by atoms with Crippen molar-refractivity contribution in [2.75, 3.05) is 5.32 Å². The fourth-order valence-corrected chi connectivity index (χ4v) is 3.87. The molecule has 4 aromatic rings. The number of imidazole rings is 1. The molecule has 0 spiro atoms. The van der Waals surface area contributed by atoms with Gasteiger partial charge < -0.3 is 5.32 Å². The van der Waals surface area contributed by atoms with Crippen molar-refractivity contribution in [2.24, 2.45) is 7.05 Å². The third-order valence-electron chi connectivity index (χ3n) is 5.62. The van der Waals surface area contributed by atoms with Crippen molar-refractivity contribution in [1.82, 2.24) is 19.3 Å². The smallest absolute Gasteiger partial charge is 0.362 e. The lowest BCUT2D eigenvalue weighted by Gasteiger charge is -2.18. The van der Waals surface area contributed by atoms with E-state index in [9.17, 15) is 26.7 Å². The van der Waals surface area contributed by atoms with Gasteiger partial charge in [-0.05, 0) is 43.7 Å². The highest BCUT2D eigenvalue weighted by molar-refractivity contribution is 6.01. The van der Waals surface area contributed by atoms with Crippen molar-refractivity contribution in [2.45, 2.75) is 39.0 Å². The number of aromatic nitrogens is 4. The Balaban J connectivity index is 1.83. The number of nitrogens with one attached hydrogen (secondary N) is 1. The molecule has 1 N–H and O–H groups in total. The summed E-state index contributed by atoms with van der Waals surface area (Å²) in [7, 11) is 1.50. The zero-order valence-corrected chi connectivity index (χ0v) is 17.9. The van der Waals surface area contributed by atoms with Gasteiger partial charge in [-0.25, -0.2) is 13.6 Å². The summed E-state index contributed by atoms with van der Waals surface area (Å²) in [6.07, 6.45) is -7.20. The zero-order chi connectivity index (χ0) is 24.1. The van der Waals surface area contributed by atoms with Gasteiger partial charge in [0.1, 0.15) is 0 Å². The van der Waals surface area contributed by atoms with E-state index < -0.39 is 36.4 Å². The average molecular weight is 465 g/mol. The van der Waals surface area contributed by atoms with E-state index in [1.54, 1.807) is 32.0 Å². The second kappa shape index (κ2) is 8.13. The molecule has 0 aliphatic rings. The number of nitrogens with zero attached hydrogens (tertiary/aromatic N) is 4. The van der Waals surface area contributed by atoms with E-state index in [0.717, 1.165) is 16.7 Å².